The van der Waals surface area contributed by atoms with Crippen LogP contribution in [0.4, 0.5) is 0 Å². The largest absolute Gasteiger partial charge is 0.350 e. The summed E-state index contributed by atoms with van der Waals surface area (Å²) in [7, 11) is 0. The third-order valence-corrected chi connectivity index (χ3v) is 7.20. The van der Waals surface area contributed by atoms with E-state index in [9.17, 15) is 4.79 Å². The van der Waals surface area contributed by atoms with Gasteiger partial charge in [0.15, 0.2) is 0 Å². The van der Waals surface area contributed by atoms with Gasteiger partial charge in [-0.3, -0.25) is 9.69 Å². The van der Waals surface area contributed by atoms with Gasteiger partial charge in [0, 0.05) is 24.7 Å². The van der Waals surface area contributed by atoms with Crippen molar-refractivity contribution in [3.8, 4) is 16.5 Å². The third-order valence-electron chi connectivity index (χ3n) is 6.32. The van der Waals surface area contributed by atoms with E-state index >= 15 is 0 Å². The van der Waals surface area contributed by atoms with Crippen molar-refractivity contribution in [2.45, 2.75) is 51.5 Å². The predicted molar refractivity (Wildman–Crippen MR) is 122 cm³/mol. The number of carbonyl (C=O) groups is 1. The molecule has 8 heteroatoms. The van der Waals surface area contributed by atoms with Crippen molar-refractivity contribution in [2.75, 3.05) is 19.6 Å². The lowest BCUT2D eigenvalue weighted by Gasteiger charge is -2.22. The van der Waals surface area contributed by atoms with E-state index in [0.717, 1.165) is 54.2 Å². The molecule has 1 aliphatic heterocycles. The van der Waals surface area contributed by atoms with Crippen LogP contribution in [-0.4, -0.2) is 56.2 Å². The fourth-order valence-corrected chi connectivity index (χ4v) is 5.27. The number of hydrogen-bond donors (Lipinski definition) is 1. The first kappa shape index (κ1) is 20.3. The second-order valence-corrected chi connectivity index (χ2v) is 9.39. The number of nitrogens with one attached hydrogen (secondary N) is 1. The Morgan fingerprint density at radius 1 is 1.29 bits per heavy atom. The maximum absolute atomic E-state index is 13.1. The first-order chi connectivity index (χ1) is 15.2. The SMILES string of the molecule is CCN1CCC[C@@H]1CNC(=O)c1cnn(-c2ncc(C)c(-c3cccs3)n2)c1C1CC1. The zero-order chi connectivity index (χ0) is 21.4. The number of aromatic nitrogens is 4. The first-order valence-corrected chi connectivity index (χ1v) is 12.0. The van der Waals surface area contributed by atoms with Crippen LogP contribution in [0.25, 0.3) is 16.5 Å². The second-order valence-electron chi connectivity index (χ2n) is 8.44. The number of carbonyl (C=O) groups excluding carboxylic acids is 1. The fraction of sp³-hybridized carbons (Fsp3) is 0.478. The zero-order valence-electron chi connectivity index (χ0n) is 18.0. The first-order valence-electron chi connectivity index (χ1n) is 11.1. The number of likely N-dealkylation sites (N-methyl/N-ethyl adjacent to an activating group) is 1. The predicted octanol–water partition coefficient (Wildman–Crippen LogP) is 3.79. The van der Waals surface area contributed by atoms with E-state index in [2.05, 4.69) is 33.3 Å². The van der Waals surface area contributed by atoms with Gasteiger partial charge in [0.2, 0.25) is 0 Å². The second kappa shape index (κ2) is 8.51. The molecule has 0 radical (unpaired) electrons. The summed E-state index contributed by atoms with van der Waals surface area (Å²) in [5.74, 6) is 0.835. The lowest BCUT2D eigenvalue weighted by atomic mass is 10.1. The number of nitrogens with zero attached hydrogens (tertiary/aromatic N) is 5. The molecule has 1 N–H and O–H groups in total. The Hall–Kier alpha value is -2.58. The molecule has 1 saturated carbocycles. The molecule has 4 heterocycles. The molecule has 0 aromatic carbocycles. The fourth-order valence-electron chi connectivity index (χ4n) is 4.49. The number of aryl methyl sites for hydroxylation is 1. The summed E-state index contributed by atoms with van der Waals surface area (Å²) < 4.78 is 1.77. The Morgan fingerprint density at radius 2 is 2.16 bits per heavy atom. The van der Waals surface area contributed by atoms with Gasteiger partial charge >= 0.3 is 0 Å². The monoisotopic (exact) mass is 436 g/mol. The van der Waals surface area contributed by atoms with E-state index in [1.807, 2.05) is 24.6 Å². The van der Waals surface area contributed by atoms with Crippen molar-refractivity contribution in [1.29, 1.82) is 0 Å². The van der Waals surface area contributed by atoms with E-state index < -0.39 is 0 Å². The Balaban J connectivity index is 1.42. The van der Waals surface area contributed by atoms with Gasteiger partial charge in [-0.25, -0.2) is 14.6 Å². The van der Waals surface area contributed by atoms with Crippen molar-refractivity contribution >= 4 is 17.2 Å². The highest BCUT2D eigenvalue weighted by atomic mass is 32.1. The smallest absolute Gasteiger partial charge is 0.254 e. The summed E-state index contributed by atoms with van der Waals surface area (Å²) in [6.45, 7) is 7.04. The number of amides is 1. The summed E-state index contributed by atoms with van der Waals surface area (Å²) in [5, 5.41) is 9.77. The normalized spacial score (nSPS) is 19.1. The molecule has 0 spiro atoms. The van der Waals surface area contributed by atoms with Crippen molar-refractivity contribution in [3.05, 3.63) is 46.7 Å². The van der Waals surface area contributed by atoms with Crippen LogP contribution in [0.1, 0.15) is 60.1 Å². The molecule has 1 saturated heterocycles. The number of hydrogen-bond acceptors (Lipinski definition) is 6. The molecule has 2 fully saturated rings. The van der Waals surface area contributed by atoms with Crippen LogP contribution in [0.2, 0.25) is 0 Å². The Kier molecular flexibility index (Phi) is 5.58. The van der Waals surface area contributed by atoms with Crippen LogP contribution in [0.3, 0.4) is 0 Å². The molecule has 0 bridgehead atoms. The molecule has 5 rings (SSSR count). The van der Waals surface area contributed by atoms with Gasteiger partial charge in [0.1, 0.15) is 0 Å². The van der Waals surface area contributed by atoms with Gasteiger partial charge in [0.05, 0.1) is 28.0 Å². The molecular formula is C23H28N6OS. The molecule has 7 nitrogen and oxygen atoms in total. The highest BCUT2D eigenvalue weighted by Crippen LogP contribution is 2.42. The van der Waals surface area contributed by atoms with Gasteiger partial charge in [-0.1, -0.05) is 13.0 Å². The molecule has 162 valence electrons. The van der Waals surface area contributed by atoms with Gasteiger partial charge in [-0.05, 0) is 62.7 Å². The molecule has 3 aromatic heterocycles. The van der Waals surface area contributed by atoms with Crippen molar-refractivity contribution in [3.63, 3.8) is 0 Å². The minimum atomic E-state index is -0.0401. The van der Waals surface area contributed by atoms with Gasteiger partial charge < -0.3 is 5.32 Å². The molecule has 1 atom stereocenters. The lowest BCUT2D eigenvalue weighted by molar-refractivity contribution is 0.0940. The molecule has 1 aliphatic carbocycles. The van der Waals surface area contributed by atoms with E-state index in [0.29, 0.717) is 30.0 Å². The zero-order valence-corrected chi connectivity index (χ0v) is 18.9. The minimum Gasteiger partial charge on any atom is -0.350 e. The Morgan fingerprint density at radius 3 is 2.90 bits per heavy atom. The number of likely N-dealkylation sites (tertiary alicyclic amines) is 1. The molecule has 3 aromatic rings. The summed E-state index contributed by atoms with van der Waals surface area (Å²) in [5.41, 5.74) is 3.55. The Bertz CT molecular complexity index is 1070. The summed E-state index contributed by atoms with van der Waals surface area (Å²) in [6, 6.07) is 4.52. The standard InChI is InChI=1S/C23H28N6OS/c1-3-28-10-4-6-17(28)13-24-22(30)18-14-26-29(21(18)16-8-9-16)23-25-12-15(2)20(27-23)19-7-5-11-31-19/h5,7,11-12,14,16-17H,3-4,6,8-10,13H2,1-2H3,(H,24,30)/t17-/m1/s1. The van der Waals surface area contributed by atoms with Crippen molar-refractivity contribution in [1.82, 2.24) is 30.0 Å². The van der Waals surface area contributed by atoms with Crippen LogP contribution >= 0.6 is 11.3 Å². The number of rotatable bonds is 7. The van der Waals surface area contributed by atoms with Gasteiger partial charge in [-0.15, -0.1) is 11.3 Å². The maximum atomic E-state index is 13.1. The van der Waals surface area contributed by atoms with Crippen LogP contribution in [0.15, 0.2) is 29.9 Å². The molecule has 0 unspecified atom stereocenters. The Labute approximate surface area is 186 Å². The summed E-state index contributed by atoms with van der Waals surface area (Å²) in [6.07, 6.45) is 8.02. The molecule has 2 aliphatic rings. The number of thiophene rings is 1. The maximum Gasteiger partial charge on any atom is 0.254 e. The van der Waals surface area contributed by atoms with E-state index in [1.165, 1.54) is 6.42 Å². The van der Waals surface area contributed by atoms with E-state index in [1.54, 1.807) is 22.2 Å². The van der Waals surface area contributed by atoms with Crippen molar-refractivity contribution in [2.24, 2.45) is 0 Å². The average molecular weight is 437 g/mol. The van der Waals surface area contributed by atoms with Crippen molar-refractivity contribution < 1.29 is 4.79 Å². The minimum absolute atomic E-state index is 0.0401. The highest BCUT2D eigenvalue weighted by Gasteiger charge is 2.34. The topological polar surface area (TPSA) is 75.9 Å². The highest BCUT2D eigenvalue weighted by molar-refractivity contribution is 7.13. The van der Waals surface area contributed by atoms with Crippen LogP contribution < -0.4 is 5.32 Å². The lowest BCUT2D eigenvalue weighted by Crippen LogP contribution is -2.40. The van der Waals surface area contributed by atoms with Crippen LogP contribution in [0.5, 0.6) is 0 Å². The molecule has 31 heavy (non-hydrogen) atoms. The van der Waals surface area contributed by atoms with Gasteiger partial charge in [0.25, 0.3) is 11.9 Å². The summed E-state index contributed by atoms with van der Waals surface area (Å²) >= 11 is 1.66. The summed E-state index contributed by atoms with van der Waals surface area (Å²) in [4.78, 5) is 26.0. The van der Waals surface area contributed by atoms with Crippen LogP contribution in [-0.2, 0) is 0 Å². The molecular weight excluding hydrogens is 408 g/mol. The molecule has 1 amide bonds. The van der Waals surface area contributed by atoms with Gasteiger partial charge in [-0.2, -0.15) is 5.10 Å². The average Bonchev–Trinajstić information content (AvgIpc) is 3.19. The van der Waals surface area contributed by atoms with E-state index in [4.69, 9.17) is 4.98 Å². The third kappa shape index (κ3) is 4.02. The van der Waals surface area contributed by atoms with E-state index in [-0.39, 0.29) is 5.91 Å². The quantitative estimate of drug-likeness (QED) is 0.610. The van der Waals surface area contributed by atoms with Crippen LogP contribution in [0, 0.1) is 6.92 Å².